The Hall–Kier alpha value is -1.94. The molecule has 24 heavy (non-hydrogen) atoms. The molecule has 2 aliphatic heterocycles. The van der Waals surface area contributed by atoms with Crippen molar-refractivity contribution in [1.29, 1.82) is 0 Å². The maximum atomic E-state index is 12.4. The number of sulfone groups is 1. The number of rotatable bonds is 3. The van der Waals surface area contributed by atoms with Crippen molar-refractivity contribution in [1.82, 2.24) is 9.21 Å². The van der Waals surface area contributed by atoms with Gasteiger partial charge in [-0.3, -0.25) is 9.59 Å². The van der Waals surface area contributed by atoms with Gasteiger partial charge in [-0.25, -0.2) is 21.1 Å². The van der Waals surface area contributed by atoms with Gasteiger partial charge in [0.2, 0.25) is 5.91 Å². The molecule has 0 bridgehead atoms. The maximum absolute atomic E-state index is 12.4. The molecular formula is C14H16N2O6S2. The van der Waals surface area contributed by atoms with E-state index in [1.165, 1.54) is 30.1 Å². The second-order valence-corrected chi connectivity index (χ2v) is 9.93. The number of carbonyl (C=O) groups is 2. The molecule has 2 amide bonds. The van der Waals surface area contributed by atoms with E-state index in [4.69, 9.17) is 0 Å². The van der Waals surface area contributed by atoms with Crippen LogP contribution in [-0.4, -0.2) is 69.0 Å². The molecule has 2 heterocycles. The Morgan fingerprint density at radius 3 is 2.50 bits per heavy atom. The van der Waals surface area contributed by atoms with Crippen LogP contribution in [0.5, 0.6) is 0 Å². The monoisotopic (exact) mass is 372 g/mol. The molecule has 0 saturated carbocycles. The van der Waals surface area contributed by atoms with Crippen LogP contribution in [0.25, 0.3) is 0 Å². The quantitative estimate of drug-likeness (QED) is 0.706. The van der Waals surface area contributed by atoms with Crippen LogP contribution in [-0.2, 0) is 24.7 Å². The zero-order chi connectivity index (χ0) is 17.7. The SMILES string of the molecule is CN(C(=O)CN1C(=O)c2ccccc2S1(=O)=O)C1CCS(=O)(=O)C1. The topological polar surface area (TPSA) is 109 Å². The van der Waals surface area contributed by atoms with Crippen molar-refractivity contribution in [3.8, 4) is 0 Å². The third-order valence-electron chi connectivity index (χ3n) is 4.34. The van der Waals surface area contributed by atoms with Crippen molar-refractivity contribution in [3.05, 3.63) is 29.8 Å². The van der Waals surface area contributed by atoms with Crippen LogP contribution in [0, 0.1) is 0 Å². The normalized spacial score (nSPS) is 24.0. The predicted octanol–water partition coefficient (Wildman–Crippen LogP) is -0.523. The van der Waals surface area contributed by atoms with Gasteiger partial charge in [0.1, 0.15) is 11.4 Å². The van der Waals surface area contributed by atoms with Crippen molar-refractivity contribution < 1.29 is 26.4 Å². The number of fused-ring (bicyclic) bond motifs is 1. The van der Waals surface area contributed by atoms with Gasteiger partial charge < -0.3 is 4.90 Å². The first-order valence-corrected chi connectivity index (χ1v) is 10.5. The van der Waals surface area contributed by atoms with Gasteiger partial charge in [-0.05, 0) is 18.6 Å². The molecular weight excluding hydrogens is 356 g/mol. The molecule has 1 unspecified atom stereocenters. The van der Waals surface area contributed by atoms with Gasteiger partial charge in [0.05, 0.1) is 17.1 Å². The summed E-state index contributed by atoms with van der Waals surface area (Å²) in [4.78, 5) is 25.7. The van der Waals surface area contributed by atoms with Crippen molar-refractivity contribution in [2.75, 3.05) is 25.1 Å². The van der Waals surface area contributed by atoms with E-state index in [-0.39, 0.29) is 22.0 Å². The lowest BCUT2D eigenvalue weighted by molar-refractivity contribution is -0.131. The number of sulfonamides is 1. The number of carbonyl (C=O) groups excluding carboxylic acids is 2. The summed E-state index contributed by atoms with van der Waals surface area (Å²) >= 11 is 0. The number of hydrogen-bond acceptors (Lipinski definition) is 6. The van der Waals surface area contributed by atoms with Gasteiger partial charge >= 0.3 is 0 Å². The third kappa shape index (κ3) is 2.69. The fraction of sp³-hybridized carbons (Fsp3) is 0.429. The van der Waals surface area contributed by atoms with Gasteiger partial charge in [-0.15, -0.1) is 0 Å². The summed E-state index contributed by atoms with van der Waals surface area (Å²) in [6.07, 6.45) is 0.311. The first-order valence-electron chi connectivity index (χ1n) is 7.26. The number of amides is 2. The zero-order valence-corrected chi connectivity index (χ0v) is 14.5. The summed E-state index contributed by atoms with van der Waals surface area (Å²) in [6.45, 7) is -0.636. The van der Waals surface area contributed by atoms with Gasteiger partial charge in [0, 0.05) is 13.1 Å². The molecule has 0 aromatic heterocycles. The van der Waals surface area contributed by atoms with Crippen molar-refractivity contribution in [2.45, 2.75) is 17.4 Å². The Morgan fingerprint density at radius 2 is 1.92 bits per heavy atom. The number of likely N-dealkylation sites (N-methyl/N-ethyl adjacent to an activating group) is 1. The highest BCUT2D eigenvalue weighted by atomic mass is 32.2. The maximum Gasteiger partial charge on any atom is 0.269 e. The molecule has 3 rings (SSSR count). The minimum atomic E-state index is -4.05. The summed E-state index contributed by atoms with van der Waals surface area (Å²) in [5.41, 5.74) is 0.0383. The highest BCUT2D eigenvalue weighted by Gasteiger charge is 2.43. The molecule has 130 valence electrons. The Balaban J connectivity index is 1.80. The van der Waals surface area contributed by atoms with E-state index in [2.05, 4.69) is 0 Å². The van der Waals surface area contributed by atoms with E-state index in [0.717, 1.165) is 0 Å². The van der Waals surface area contributed by atoms with Crippen LogP contribution in [0.3, 0.4) is 0 Å². The van der Waals surface area contributed by atoms with E-state index in [0.29, 0.717) is 10.7 Å². The molecule has 1 fully saturated rings. The first kappa shape index (κ1) is 16.9. The minimum Gasteiger partial charge on any atom is -0.340 e. The fourth-order valence-corrected chi connectivity index (χ4v) is 6.20. The van der Waals surface area contributed by atoms with Gasteiger partial charge in [-0.1, -0.05) is 12.1 Å². The van der Waals surface area contributed by atoms with Gasteiger partial charge in [-0.2, -0.15) is 0 Å². The Kier molecular flexibility index (Phi) is 3.91. The molecule has 8 nitrogen and oxygen atoms in total. The predicted molar refractivity (Wildman–Crippen MR) is 84.5 cm³/mol. The van der Waals surface area contributed by atoms with Crippen molar-refractivity contribution in [3.63, 3.8) is 0 Å². The minimum absolute atomic E-state index is 0.00166. The zero-order valence-electron chi connectivity index (χ0n) is 12.9. The first-order chi connectivity index (χ1) is 11.1. The van der Waals surface area contributed by atoms with E-state index < -0.39 is 44.3 Å². The van der Waals surface area contributed by atoms with Crippen LogP contribution >= 0.6 is 0 Å². The number of nitrogens with zero attached hydrogens (tertiary/aromatic N) is 2. The van der Waals surface area contributed by atoms with E-state index in [1.807, 2.05) is 0 Å². The Bertz CT molecular complexity index is 922. The second-order valence-electron chi connectivity index (χ2n) is 5.87. The molecule has 1 atom stereocenters. The molecule has 1 aromatic carbocycles. The van der Waals surface area contributed by atoms with E-state index in [1.54, 1.807) is 6.07 Å². The fourth-order valence-electron chi connectivity index (χ4n) is 2.91. The Morgan fingerprint density at radius 1 is 1.25 bits per heavy atom. The van der Waals surface area contributed by atoms with Crippen LogP contribution in [0.2, 0.25) is 0 Å². The number of benzene rings is 1. The smallest absolute Gasteiger partial charge is 0.269 e. The molecule has 0 radical (unpaired) electrons. The molecule has 0 spiro atoms. The van der Waals surface area contributed by atoms with Crippen molar-refractivity contribution >= 4 is 31.7 Å². The lowest BCUT2D eigenvalue weighted by Crippen LogP contribution is -2.45. The van der Waals surface area contributed by atoms with Crippen LogP contribution in [0.4, 0.5) is 0 Å². The molecule has 0 aliphatic carbocycles. The van der Waals surface area contributed by atoms with Crippen LogP contribution in [0.15, 0.2) is 29.2 Å². The summed E-state index contributed by atoms with van der Waals surface area (Å²) in [5.74, 6) is -1.49. The largest absolute Gasteiger partial charge is 0.340 e. The number of hydrogen-bond donors (Lipinski definition) is 0. The van der Waals surface area contributed by atoms with Gasteiger partial charge in [0.25, 0.3) is 15.9 Å². The average molecular weight is 372 g/mol. The molecule has 2 aliphatic rings. The van der Waals surface area contributed by atoms with E-state index >= 15 is 0 Å². The molecule has 10 heteroatoms. The summed E-state index contributed by atoms with van der Waals surface area (Å²) in [6, 6.07) is 5.27. The highest BCUT2D eigenvalue weighted by Crippen LogP contribution is 2.30. The Labute approximate surface area is 140 Å². The molecule has 1 aromatic rings. The second kappa shape index (κ2) is 5.55. The lowest BCUT2D eigenvalue weighted by Gasteiger charge is -2.25. The lowest BCUT2D eigenvalue weighted by atomic mass is 10.2. The summed E-state index contributed by atoms with van der Waals surface area (Å²) < 4.78 is 48.4. The third-order valence-corrected chi connectivity index (χ3v) is 7.88. The van der Waals surface area contributed by atoms with Crippen LogP contribution in [0.1, 0.15) is 16.8 Å². The summed E-state index contributed by atoms with van der Waals surface area (Å²) in [5, 5.41) is 0. The van der Waals surface area contributed by atoms with E-state index in [9.17, 15) is 26.4 Å². The molecule has 0 N–H and O–H groups in total. The standard InChI is InChI=1S/C14H16N2O6S2/c1-15(10-6-7-23(19,20)9-10)13(17)8-16-14(18)11-4-2-3-5-12(11)24(16,21)22/h2-5,10H,6-9H2,1H3. The highest BCUT2D eigenvalue weighted by molar-refractivity contribution is 7.91. The van der Waals surface area contributed by atoms with Crippen molar-refractivity contribution in [2.24, 2.45) is 0 Å². The molecule has 1 saturated heterocycles. The summed E-state index contributed by atoms with van der Waals surface area (Å²) in [7, 11) is -5.80. The average Bonchev–Trinajstić information content (AvgIpc) is 2.98. The van der Waals surface area contributed by atoms with Gasteiger partial charge in [0.15, 0.2) is 9.84 Å². The van der Waals surface area contributed by atoms with Crippen LogP contribution < -0.4 is 0 Å².